The molecule has 0 bridgehead atoms. The summed E-state index contributed by atoms with van der Waals surface area (Å²) in [4.78, 5) is 15.1. The Hall–Kier alpha value is -1.62. The highest BCUT2D eigenvalue weighted by molar-refractivity contribution is 7.98. The number of unbranched alkanes of at least 4 members (excludes halogenated alkanes) is 1. The molecule has 4 N–H and O–H groups in total. The zero-order valence-corrected chi connectivity index (χ0v) is 11.8. The molecule has 2 rings (SSSR count). The average Bonchev–Trinajstić information content (AvgIpc) is 2.81. The molecule has 0 aliphatic rings. The first-order valence-corrected chi connectivity index (χ1v) is 7.75. The molecule has 0 atom stereocenters. The van der Waals surface area contributed by atoms with Crippen LogP contribution in [0.4, 0.5) is 5.69 Å². The summed E-state index contributed by atoms with van der Waals surface area (Å²) < 4.78 is 0. The van der Waals surface area contributed by atoms with Gasteiger partial charge >= 0.3 is 0 Å². The van der Waals surface area contributed by atoms with Crippen molar-refractivity contribution in [3.8, 4) is 0 Å². The van der Waals surface area contributed by atoms with Crippen LogP contribution in [0.1, 0.15) is 23.2 Å². The maximum absolute atomic E-state index is 12.1. The first-order chi connectivity index (χ1) is 9.22. The molecule has 4 nitrogen and oxygen atoms in total. The fourth-order valence-electron chi connectivity index (χ4n) is 2.00. The van der Waals surface area contributed by atoms with Crippen LogP contribution in [-0.2, 0) is 0 Å². The fraction of sp³-hybridized carbons (Fsp3) is 0.357. The number of H-pyrrole nitrogens is 1. The van der Waals surface area contributed by atoms with Gasteiger partial charge in [-0.2, -0.15) is 11.8 Å². The summed E-state index contributed by atoms with van der Waals surface area (Å²) in [5, 5.41) is 3.86. The summed E-state index contributed by atoms with van der Waals surface area (Å²) >= 11 is 1.83. The predicted molar refractivity (Wildman–Crippen MR) is 82.7 cm³/mol. The molecule has 1 aromatic carbocycles. The number of nitrogens with one attached hydrogen (secondary N) is 2. The quantitative estimate of drug-likeness (QED) is 0.561. The minimum atomic E-state index is -0.0276. The lowest BCUT2D eigenvalue weighted by molar-refractivity contribution is 0.0955. The first-order valence-electron chi connectivity index (χ1n) is 6.36. The highest BCUT2D eigenvalue weighted by Crippen LogP contribution is 2.20. The fourth-order valence-corrected chi connectivity index (χ4v) is 2.49. The number of nitrogen functional groups attached to an aromatic ring is 1. The lowest BCUT2D eigenvalue weighted by Crippen LogP contribution is -2.24. The summed E-state index contributed by atoms with van der Waals surface area (Å²) in [6.45, 7) is 0.723. The molecule has 1 amide bonds. The molecule has 1 aromatic heterocycles. The number of hydrogen-bond acceptors (Lipinski definition) is 3. The number of aromatic amines is 1. The second kappa shape index (κ2) is 6.52. The van der Waals surface area contributed by atoms with Crippen molar-refractivity contribution in [2.75, 3.05) is 24.3 Å². The monoisotopic (exact) mass is 277 g/mol. The van der Waals surface area contributed by atoms with Gasteiger partial charge in [-0.15, -0.1) is 0 Å². The van der Waals surface area contributed by atoms with Crippen LogP contribution >= 0.6 is 11.8 Å². The second-order valence-electron chi connectivity index (χ2n) is 4.46. The van der Waals surface area contributed by atoms with Gasteiger partial charge in [-0.1, -0.05) is 0 Å². The Balaban J connectivity index is 1.97. The third kappa shape index (κ3) is 3.44. The van der Waals surface area contributed by atoms with Gasteiger partial charge < -0.3 is 16.0 Å². The van der Waals surface area contributed by atoms with E-state index in [0.29, 0.717) is 11.3 Å². The van der Waals surface area contributed by atoms with Gasteiger partial charge in [-0.3, -0.25) is 4.79 Å². The van der Waals surface area contributed by atoms with Crippen molar-refractivity contribution in [3.63, 3.8) is 0 Å². The Bertz CT molecular complexity index is 565. The van der Waals surface area contributed by atoms with Gasteiger partial charge in [0, 0.05) is 29.3 Å². The molecule has 0 spiro atoms. The van der Waals surface area contributed by atoms with Crippen LogP contribution in [0.3, 0.4) is 0 Å². The number of hydrogen-bond donors (Lipinski definition) is 3. The van der Waals surface area contributed by atoms with Gasteiger partial charge in [-0.05, 0) is 43.0 Å². The molecule has 2 aromatic rings. The van der Waals surface area contributed by atoms with Crippen molar-refractivity contribution in [3.05, 3.63) is 30.0 Å². The predicted octanol–water partition coefficient (Wildman–Crippen LogP) is 2.62. The van der Waals surface area contributed by atoms with Crippen molar-refractivity contribution in [2.45, 2.75) is 12.8 Å². The zero-order valence-electron chi connectivity index (χ0n) is 11.0. The highest BCUT2D eigenvalue weighted by atomic mass is 32.2. The molecule has 102 valence electrons. The van der Waals surface area contributed by atoms with Gasteiger partial charge in [0.1, 0.15) is 0 Å². The van der Waals surface area contributed by atoms with E-state index in [0.717, 1.165) is 36.0 Å². The Morgan fingerprint density at radius 2 is 2.26 bits per heavy atom. The summed E-state index contributed by atoms with van der Waals surface area (Å²) in [5.41, 5.74) is 7.98. The summed E-state index contributed by atoms with van der Waals surface area (Å²) in [6.07, 6.45) is 5.98. The molecule has 19 heavy (non-hydrogen) atoms. The minimum absolute atomic E-state index is 0.0276. The Kier molecular flexibility index (Phi) is 4.74. The molecule has 0 fully saturated rings. The van der Waals surface area contributed by atoms with E-state index in [2.05, 4.69) is 16.6 Å². The maximum Gasteiger partial charge on any atom is 0.253 e. The number of thioether (sulfide) groups is 1. The zero-order chi connectivity index (χ0) is 13.7. The number of benzene rings is 1. The van der Waals surface area contributed by atoms with Crippen LogP contribution in [0.5, 0.6) is 0 Å². The molecule has 0 saturated carbocycles. The number of fused-ring (bicyclic) bond motifs is 1. The molecule has 0 saturated heterocycles. The van der Waals surface area contributed by atoms with E-state index in [4.69, 9.17) is 5.73 Å². The van der Waals surface area contributed by atoms with Crippen LogP contribution in [0, 0.1) is 0 Å². The molecule has 5 heteroatoms. The number of anilines is 1. The summed E-state index contributed by atoms with van der Waals surface area (Å²) in [5.74, 6) is 1.11. The topological polar surface area (TPSA) is 70.9 Å². The third-order valence-electron chi connectivity index (χ3n) is 3.01. The third-order valence-corrected chi connectivity index (χ3v) is 3.71. The van der Waals surface area contributed by atoms with Gasteiger partial charge in [0.05, 0.1) is 5.56 Å². The van der Waals surface area contributed by atoms with Crippen molar-refractivity contribution >= 4 is 34.3 Å². The minimum Gasteiger partial charge on any atom is -0.399 e. The van der Waals surface area contributed by atoms with Crippen LogP contribution in [0.15, 0.2) is 24.4 Å². The van der Waals surface area contributed by atoms with E-state index in [1.54, 1.807) is 6.20 Å². The standard InChI is InChI=1S/C14H19N3OS/c1-19-7-3-2-6-16-14(18)12-9-17-13-8-10(15)4-5-11(12)13/h4-5,8-9,17H,2-3,6-7,15H2,1H3,(H,16,18). The number of amides is 1. The number of carbonyl (C=O) groups excluding carboxylic acids is 1. The van der Waals surface area contributed by atoms with Gasteiger partial charge in [0.25, 0.3) is 5.91 Å². The Morgan fingerprint density at radius 1 is 1.42 bits per heavy atom. The molecular weight excluding hydrogens is 258 g/mol. The van der Waals surface area contributed by atoms with E-state index in [1.807, 2.05) is 30.0 Å². The lowest BCUT2D eigenvalue weighted by Gasteiger charge is -2.04. The van der Waals surface area contributed by atoms with Crippen molar-refractivity contribution < 1.29 is 4.79 Å². The number of nitrogens with two attached hydrogens (primary N) is 1. The van der Waals surface area contributed by atoms with E-state index in [9.17, 15) is 4.79 Å². The first kappa shape index (κ1) is 13.8. The van der Waals surface area contributed by atoms with Crippen LogP contribution in [-0.4, -0.2) is 29.4 Å². The van der Waals surface area contributed by atoms with Crippen molar-refractivity contribution in [1.29, 1.82) is 0 Å². The second-order valence-corrected chi connectivity index (χ2v) is 5.45. The van der Waals surface area contributed by atoms with E-state index in [1.165, 1.54) is 0 Å². The molecule has 1 heterocycles. The SMILES string of the molecule is CSCCCCNC(=O)c1c[nH]c2cc(N)ccc12. The van der Waals surface area contributed by atoms with Crippen molar-refractivity contribution in [2.24, 2.45) is 0 Å². The van der Waals surface area contributed by atoms with Crippen LogP contribution in [0.2, 0.25) is 0 Å². The van der Waals surface area contributed by atoms with Gasteiger partial charge in [0.15, 0.2) is 0 Å². The Labute approximate surface area is 117 Å². The van der Waals surface area contributed by atoms with Gasteiger partial charge in [0.2, 0.25) is 0 Å². The molecule has 0 aliphatic heterocycles. The van der Waals surface area contributed by atoms with Crippen LogP contribution < -0.4 is 11.1 Å². The Morgan fingerprint density at radius 3 is 3.05 bits per heavy atom. The average molecular weight is 277 g/mol. The maximum atomic E-state index is 12.1. The van der Waals surface area contributed by atoms with E-state index >= 15 is 0 Å². The highest BCUT2D eigenvalue weighted by Gasteiger charge is 2.11. The molecular formula is C14H19N3OS. The smallest absolute Gasteiger partial charge is 0.253 e. The summed E-state index contributed by atoms with van der Waals surface area (Å²) in [7, 11) is 0. The molecule has 0 radical (unpaired) electrons. The largest absolute Gasteiger partial charge is 0.399 e. The number of carbonyl (C=O) groups is 1. The molecule has 0 aliphatic carbocycles. The lowest BCUT2D eigenvalue weighted by atomic mass is 10.1. The van der Waals surface area contributed by atoms with E-state index in [-0.39, 0.29) is 5.91 Å². The van der Waals surface area contributed by atoms with Crippen LogP contribution in [0.25, 0.3) is 10.9 Å². The van der Waals surface area contributed by atoms with Gasteiger partial charge in [-0.25, -0.2) is 0 Å². The van der Waals surface area contributed by atoms with E-state index < -0.39 is 0 Å². The normalized spacial score (nSPS) is 10.8. The van der Waals surface area contributed by atoms with Crippen molar-refractivity contribution in [1.82, 2.24) is 10.3 Å². The number of rotatable bonds is 6. The number of aromatic nitrogens is 1. The molecule has 0 unspecified atom stereocenters. The summed E-state index contributed by atoms with van der Waals surface area (Å²) in [6, 6.07) is 5.53.